The van der Waals surface area contributed by atoms with Crippen molar-refractivity contribution in [3.05, 3.63) is 0 Å². The van der Waals surface area contributed by atoms with Crippen molar-refractivity contribution in [2.75, 3.05) is 20.2 Å². The highest BCUT2D eigenvalue weighted by molar-refractivity contribution is 5.88. The molecule has 0 heterocycles. The van der Waals surface area contributed by atoms with Gasteiger partial charge in [-0.2, -0.15) is 0 Å². The smallest absolute Gasteiger partial charge is 0.337 e. The van der Waals surface area contributed by atoms with Gasteiger partial charge in [0.15, 0.2) is 11.6 Å². The number of guanidine groups is 1. The average molecular weight is 371 g/mol. The van der Waals surface area contributed by atoms with Crippen molar-refractivity contribution in [2.45, 2.75) is 51.3 Å². The van der Waals surface area contributed by atoms with E-state index in [-0.39, 0.29) is 24.7 Å². The fourth-order valence-electron chi connectivity index (χ4n) is 3.44. The van der Waals surface area contributed by atoms with Gasteiger partial charge in [0.1, 0.15) is 6.04 Å². The van der Waals surface area contributed by atoms with Crippen LogP contribution in [-0.4, -0.2) is 71.6 Å². The van der Waals surface area contributed by atoms with E-state index in [1.807, 2.05) is 13.8 Å². The topological polar surface area (TPSA) is 160 Å². The second kappa shape index (κ2) is 8.84. The summed E-state index contributed by atoms with van der Waals surface area (Å²) in [6.07, 6.45) is -0.219. The number of amides is 2. The Morgan fingerprint density at radius 1 is 1.31 bits per heavy atom. The molecule has 0 bridgehead atoms. The van der Waals surface area contributed by atoms with Crippen molar-refractivity contribution < 1.29 is 24.2 Å². The number of nitrogens with two attached hydrogens (primary N) is 2. The SMILES string of the molecule is CCN(CC)C(=O)C(NC(C)=O)C1CC(O)(C(=O)OC)CC1N=C(N)N. The minimum Gasteiger partial charge on any atom is -0.467 e. The van der Waals surface area contributed by atoms with E-state index in [1.54, 1.807) is 4.90 Å². The number of hydrogen-bond donors (Lipinski definition) is 4. The molecule has 0 aromatic heterocycles. The molecule has 4 atom stereocenters. The van der Waals surface area contributed by atoms with Crippen LogP contribution in [0.1, 0.15) is 33.6 Å². The zero-order valence-corrected chi connectivity index (χ0v) is 15.7. The van der Waals surface area contributed by atoms with Gasteiger partial charge in [0.25, 0.3) is 0 Å². The number of aliphatic imine (C=N–C) groups is 1. The normalized spacial score (nSPS) is 25.9. The van der Waals surface area contributed by atoms with Crippen molar-refractivity contribution in [3.63, 3.8) is 0 Å². The molecule has 10 nitrogen and oxygen atoms in total. The number of rotatable bonds is 7. The monoisotopic (exact) mass is 371 g/mol. The molecule has 1 aliphatic rings. The zero-order chi connectivity index (χ0) is 20.1. The van der Waals surface area contributed by atoms with Crippen LogP contribution in [0.3, 0.4) is 0 Å². The highest BCUT2D eigenvalue weighted by atomic mass is 16.5. The summed E-state index contributed by atoms with van der Waals surface area (Å²) in [5.41, 5.74) is 9.11. The largest absolute Gasteiger partial charge is 0.467 e. The number of likely N-dealkylation sites (N-methyl/N-ethyl adjacent to an activating group) is 1. The Bertz CT molecular complexity index is 573. The molecular formula is C16H29N5O5. The van der Waals surface area contributed by atoms with Gasteiger partial charge in [-0.3, -0.25) is 9.59 Å². The molecular weight excluding hydrogens is 342 g/mol. The van der Waals surface area contributed by atoms with E-state index < -0.39 is 35.5 Å². The van der Waals surface area contributed by atoms with Crippen molar-refractivity contribution in [3.8, 4) is 0 Å². The number of aliphatic hydroxyl groups is 1. The molecule has 10 heteroatoms. The number of hydrogen-bond acceptors (Lipinski definition) is 6. The third-order valence-electron chi connectivity index (χ3n) is 4.62. The lowest BCUT2D eigenvalue weighted by molar-refractivity contribution is -0.162. The molecule has 0 saturated heterocycles. The second-order valence-corrected chi connectivity index (χ2v) is 6.41. The van der Waals surface area contributed by atoms with Gasteiger partial charge in [-0.05, 0) is 20.3 Å². The minimum absolute atomic E-state index is 0.107. The van der Waals surface area contributed by atoms with Crippen molar-refractivity contribution in [2.24, 2.45) is 22.4 Å². The molecule has 6 N–H and O–H groups in total. The van der Waals surface area contributed by atoms with Crippen molar-refractivity contribution in [1.82, 2.24) is 10.2 Å². The average Bonchev–Trinajstić information content (AvgIpc) is 2.89. The lowest BCUT2D eigenvalue weighted by Crippen LogP contribution is -2.53. The van der Waals surface area contributed by atoms with Gasteiger partial charge in [0, 0.05) is 32.4 Å². The van der Waals surface area contributed by atoms with Gasteiger partial charge in [-0.1, -0.05) is 0 Å². The van der Waals surface area contributed by atoms with Crippen molar-refractivity contribution >= 4 is 23.7 Å². The first-order valence-corrected chi connectivity index (χ1v) is 8.55. The van der Waals surface area contributed by atoms with E-state index in [4.69, 9.17) is 11.5 Å². The number of methoxy groups -OCH3 is 1. The zero-order valence-electron chi connectivity index (χ0n) is 15.7. The predicted octanol–water partition coefficient (Wildman–Crippen LogP) is -1.68. The summed E-state index contributed by atoms with van der Waals surface area (Å²) < 4.78 is 4.67. The van der Waals surface area contributed by atoms with Crippen LogP contribution in [0.4, 0.5) is 0 Å². The number of carbonyl (C=O) groups excluding carboxylic acids is 3. The van der Waals surface area contributed by atoms with Crippen LogP contribution in [0.5, 0.6) is 0 Å². The Morgan fingerprint density at radius 2 is 1.88 bits per heavy atom. The summed E-state index contributed by atoms with van der Waals surface area (Å²) in [4.78, 5) is 42.2. The lowest BCUT2D eigenvalue weighted by atomic mass is 9.91. The van der Waals surface area contributed by atoms with Crippen LogP contribution in [0.15, 0.2) is 4.99 Å². The molecule has 1 rings (SSSR count). The Hall–Kier alpha value is -2.36. The first-order valence-electron chi connectivity index (χ1n) is 8.55. The Morgan fingerprint density at radius 3 is 2.31 bits per heavy atom. The van der Waals surface area contributed by atoms with Gasteiger partial charge in [0.05, 0.1) is 13.2 Å². The molecule has 2 amide bonds. The van der Waals surface area contributed by atoms with E-state index in [2.05, 4.69) is 15.0 Å². The molecule has 148 valence electrons. The maximum atomic E-state index is 12.9. The number of nitrogens with one attached hydrogen (secondary N) is 1. The van der Waals surface area contributed by atoms with Crippen LogP contribution in [0.25, 0.3) is 0 Å². The van der Waals surface area contributed by atoms with Crippen LogP contribution in [-0.2, 0) is 19.1 Å². The third kappa shape index (κ3) is 4.84. The fourth-order valence-corrected chi connectivity index (χ4v) is 3.44. The van der Waals surface area contributed by atoms with Crippen LogP contribution < -0.4 is 16.8 Å². The molecule has 26 heavy (non-hydrogen) atoms. The first kappa shape index (κ1) is 21.7. The quantitative estimate of drug-likeness (QED) is 0.236. The molecule has 4 unspecified atom stereocenters. The van der Waals surface area contributed by atoms with Crippen molar-refractivity contribution in [1.29, 1.82) is 0 Å². The van der Waals surface area contributed by atoms with E-state index >= 15 is 0 Å². The van der Waals surface area contributed by atoms with Gasteiger partial charge in [0.2, 0.25) is 11.8 Å². The molecule has 1 aliphatic carbocycles. The molecule has 0 aliphatic heterocycles. The van der Waals surface area contributed by atoms with E-state index in [0.29, 0.717) is 13.1 Å². The Balaban J connectivity index is 3.30. The number of nitrogens with zero attached hydrogens (tertiary/aromatic N) is 2. The predicted molar refractivity (Wildman–Crippen MR) is 94.8 cm³/mol. The summed E-state index contributed by atoms with van der Waals surface area (Å²) in [5, 5.41) is 13.3. The number of esters is 1. The van der Waals surface area contributed by atoms with Gasteiger partial charge in [-0.25, -0.2) is 9.79 Å². The summed E-state index contributed by atoms with van der Waals surface area (Å²) in [6.45, 7) is 5.83. The van der Waals surface area contributed by atoms with Crippen LogP contribution in [0.2, 0.25) is 0 Å². The van der Waals surface area contributed by atoms with E-state index in [1.165, 1.54) is 6.92 Å². The second-order valence-electron chi connectivity index (χ2n) is 6.41. The lowest BCUT2D eigenvalue weighted by Gasteiger charge is -2.31. The molecule has 0 radical (unpaired) electrons. The summed E-state index contributed by atoms with van der Waals surface area (Å²) >= 11 is 0. The molecule has 1 fully saturated rings. The summed E-state index contributed by atoms with van der Waals surface area (Å²) in [7, 11) is 1.16. The standard InChI is InChI=1S/C16H29N5O5/c1-5-21(6-2)13(23)12(19-9(3)22)10-7-16(25,14(24)26-4)8-11(10)20-15(17)18/h10-12,25H,5-8H2,1-4H3,(H,19,22)(H4,17,18,20). The third-order valence-corrected chi connectivity index (χ3v) is 4.62. The number of ether oxygens (including phenoxy) is 1. The maximum Gasteiger partial charge on any atom is 0.337 e. The summed E-state index contributed by atoms with van der Waals surface area (Å²) in [5.74, 6) is -2.45. The fraction of sp³-hybridized carbons (Fsp3) is 0.750. The Labute approximate surface area is 152 Å². The van der Waals surface area contributed by atoms with Gasteiger partial charge >= 0.3 is 5.97 Å². The van der Waals surface area contributed by atoms with Gasteiger partial charge in [-0.15, -0.1) is 0 Å². The highest BCUT2D eigenvalue weighted by Crippen LogP contribution is 2.40. The van der Waals surface area contributed by atoms with E-state index in [0.717, 1.165) is 7.11 Å². The molecule has 0 aromatic rings. The summed E-state index contributed by atoms with van der Waals surface area (Å²) in [6, 6.07) is -1.69. The molecule has 0 aromatic carbocycles. The number of carbonyl (C=O) groups is 3. The highest BCUT2D eigenvalue weighted by Gasteiger charge is 2.54. The minimum atomic E-state index is -1.83. The molecule has 1 saturated carbocycles. The van der Waals surface area contributed by atoms with Gasteiger partial charge < -0.3 is 31.5 Å². The van der Waals surface area contributed by atoms with Crippen LogP contribution in [0, 0.1) is 5.92 Å². The Kier molecular flexibility index (Phi) is 7.37. The first-order chi connectivity index (χ1) is 12.1. The maximum absolute atomic E-state index is 12.9. The molecule has 0 spiro atoms. The van der Waals surface area contributed by atoms with Crippen LogP contribution >= 0.6 is 0 Å². The van der Waals surface area contributed by atoms with E-state index in [9.17, 15) is 19.5 Å².